The molecule has 8 heteroatoms. The van der Waals surface area contributed by atoms with Crippen molar-refractivity contribution in [1.29, 1.82) is 0 Å². The minimum Gasteiger partial charge on any atom is -0.368 e. The molecule has 1 saturated heterocycles. The lowest BCUT2D eigenvalue weighted by molar-refractivity contribution is -0.0681. The molecular weight excluding hydrogens is 176 g/mol. The molecule has 0 bridgehead atoms. The van der Waals surface area contributed by atoms with Crippen LogP contribution in [0.25, 0.3) is 0 Å². The van der Waals surface area contributed by atoms with Gasteiger partial charge in [0.1, 0.15) is 0 Å². The average Bonchev–Trinajstić information content (AvgIpc) is 1.85. The van der Waals surface area contributed by atoms with Crippen LogP contribution in [0.2, 0.25) is 0 Å². The van der Waals surface area contributed by atoms with E-state index in [1.807, 2.05) is 0 Å². The molecule has 0 amide bonds. The van der Waals surface area contributed by atoms with Gasteiger partial charge in [0.2, 0.25) is 0 Å². The molecule has 6 nitrogen and oxygen atoms in total. The van der Waals surface area contributed by atoms with Crippen molar-refractivity contribution in [3.8, 4) is 0 Å². The van der Waals surface area contributed by atoms with Crippen LogP contribution in [-0.2, 0) is 17.1 Å². The zero-order valence-electron chi connectivity index (χ0n) is 5.53. The second-order valence-corrected chi connectivity index (χ2v) is 6.21. The van der Waals surface area contributed by atoms with Crippen molar-refractivity contribution in [2.24, 2.45) is 0 Å². The van der Waals surface area contributed by atoms with Gasteiger partial charge in [0.15, 0.2) is 0 Å². The maximum absolute atomic E-state index is 8.95. The summed E-state index contributed by atoms with van der Waals surface area (Å²) in [6.07, 6.45) is 0. The third-order valence-electron chi connectivity index (χ3n) is 1.03. The van der Waals surface area contributed by atoms with Crippen LogP contribution in [0.1, 0.15) is 0 Å². The molecular formula is C2H8O6Si2. The van der Waals surface area contributed by atoms with Crippen molar-refractivity contribution in [3.05, 3.63) is 0 Å². The van der Waals surface area contributed by atoms with Crippen molar-refractivity contribution in [1.82, 2.24) is 0 Å². The van der Waals surface area contributed by atoms with E-state index >= 15 is 0 Å². The molecule has 0 saturated carbocycles. The van der Waals surface area contributed by atoms with Gasteiger partial charge in [-0.15, -0.1) is 0 Å². The van der Waals surface area contributed by atoms with Gasteiger partial charge in [0, 0.05) is 14.2 Å². The fourth-order valence-corrected chi connectivity index (χ4v) is 4.50. The third-order valence-corrected chi connectivity index (χ3v) is 6.19. The fourth-order valence-electron chi connectivity index (χ4n) is 0.500. The van der Waals surface area contributed by atoms with E-state index < -0.39 is 18.1 Å². The molecule has 60 valence electrons. The first-order valence-corrected chi connectivity index (χ1v) is 5.83. The molecule has 0 aliphatic carbocycles. The molecule has 0 aromatic carbocycles. The van der Waals surface area contributed by atoms with Crippen LogP contribution < -0.4 is 0 Å². The Balaban J connectivity index is 2.42. The zero-order valence-corrected chi connectivity index (χ0v) is 7.53. The topological polar surface area (TPSA) is 77.4 Å². The largest absolute Gasteiger partial charge is 0.665 e. The van der Waals surface area contributed by atoms with Gasteiger partial charge in [-0.25, -0.2) is 0 Å². The van der Waals surface area contributed by atoms with Crippen LogP contribution in [0.3, 0.4) is 0 Å². The standard InChI is InChI=1S/C2H8O6Si2/c1-5-9(3)7-10(4,6-2)8-9/h3-4H,1-2H3. The summed E-state index contributed by atoms with van der Waals surface area (Å²) < 4.78 is 17.9. The molecule has 0 aromatic heterocycles. The van der Waals surface area contributed by atoms with Gasteiger partial charge < -0.3 is 26.7 Å². The van der Waals surface area contributed by atoms with Crippen molar-refractivity contribution in [2.45, 2.75) is 0 Å². The number of rotatable bonds is 2. The summed E-state index contributed by atoms with van der Waals surface area (Å²) in [5.41, 5.74) is 0. The van der Waals surface area contributed by atoms with Crippen LogP contribution in [0.15, 0.2) is 0 Å². The van der Waals surface area contributed by atoms with Crippen molar-refractivity contribution in [3.63, 3.8) is 0 Å². The minimum atomic E-state index is -3.44. The highest BCUT2D eigenvalue weighted by Crippen LogP contribution is 2.26. The molecule has 1 aliphatic rings. The summed E-state index contributed by atoms with van der Waals surface area (Å²) in [7, 11) is -4.42. The first kappa shape index (κ1) is 8.29. The quantitative estimate of drug-likeness (QED) is 0.492. The molecule has 0 unspecified atom stereocenters. The van der Waals surface area contributed by atoms with Gasteiger partial charge in [-0.1, -0.05) is 0 Å². The van der Waals surface area contributed by atoms with Gasteiger partial charge in [-0.05, 0) is 0 Å². The summed E-state index contributed by atoms with van der Waals surface area (Å²) in [4.78, 5) is 17.9. The minimum absolute atomic E-state index is 1.23. The zero-order chi connectivity index (χ0) is 7.83. The first-order valence-electron chi connectivity index (χ1n) is 2.49. The maximum Gasteiger partial charge on any atom is 0.665 e. The Hall–Kier alpha value is 0.194. The van der Waals surface area contributed by atoms with Gasteiger partial charge in [0.25, 0.3) is 0 Å². The van der Waals surface area contributed by atoms with E-state index in [4.69, 9.17) is 9.59 Å². The Morgan fingerprint density at radius 1 is 1.00 bits per heavy atom. The Kier molecular flexibility index (Phi) is 1.95. The monoisotopic (exact) mass is 184 g/mol. The van der Waals surface area contributed by atoms with Crippen LogP contribution in [-0.4, -0.2) is 41.9 Å². The SMILES string of the molecule is CO[Si]1(O)O[Si](O)(OC)O1. The smallest absolute Gasteiger partial charge is 0.368 e. The summed E-state index contributed by atoms with van der Waals surface area (Å²) in [5, 5.41) is 0. The van der Waals surface area contributed by atoms with Crippen LogP contribution >= 0.6 is 0 Å². The van der Waals surface area contributed by atoms with E-state index in [9.17, 15) is 0 Å². The van der Waals surface area contributed by atoms with Crippen molar-refractivity contribution >= 4 is 18.1 Å². The summed E-state index contributed by atoms with van der Waals surface area (Å²) in [6, 6.07) is 0. The van der Waals surface area contributed by atoms with Gasteiger partial charge >= 0.3 is 18.1 Å². The molecule has 1 fully saturated rings. The first-order chi connectivity index (χ1) is 4.54. The Bertz CT molecular complexity index is 118. The van der Waals surface area contributed by atoms with Gasteiger partial charge in [-0.2, -0.15) is 0 Å². The molecule has 1 heterocycles. The van der Waals surface area contributed by atoms with Crippen LogP contribution in [0, 0.1) is 0 Å². The summed E-state index contributed by atoms with van der Waals surface area (Å²) >= 11 is 0. The molecule has 10 heavy (non-hydrogen) atoms. The predicted molar refractivity (Wildman–Crippen MR) is 32.1 cm³/mol. The highest BCUT2D eigenvalue weighted by Gasteiger charge is 2.70. The van der Waals surface area contributed by atoms with E-state index in [1.54, 1.807) is 0 Å². The van der Waals surface area contributed by atoms with E-state index in [0.717, 1.165) is 0 Å². The normalized spacial score (nSPS) is 46.8. The van der Waals surface area contributed by atoms with Crippen LogP contribution in [0.5, 0.6) is 0 Å². The lowest BCUT2D eigenvalue weighted by atomic mass is 11.8. The van der Waals surface area contributed by atoms with E-state index in [1.165, 1.54) is 14.2 Å². The molecule has 1 aliphatic heterocycles. The Morgan fingerprint density at radius 2 is 1.30 bits per heavy atom. The summed E-state index contributed by atoms with van der Waals surface area (Å²) in [5.74, 6) is 0. The third kappa shape index (κ3) is 1.28. The average molecular weight is 184 g/mol. The number of hydrogen-bond donors (Lipinski definition) is 2. The lowest BCUT2D eigenvalue weighted by Gasteiger charge is -2.39. The predicted octanol–water partition coefficient (Wildman–Crippen LogP) is -1.82. The second kappa shape index (κ2) is 2.35. The molecule has 2 N–H and O–H groups in total. The highest BCUT2D eigenvalue weighted by atomic mass is 28.6. The maximum atomic E-state index is 8.95. The van der Waals surface area contributed by atoms with E-state index in [0.29, 0.717) is 0 Å². The molecule has 0 atom stereocenters. The van der Waals surface area contributed by atoms with Crippen molar-refractivity contribution in [2.75, 3.05) is 14.2 Å². The molecule has 1 rings (SSSR count). The van der Waals surface area contributed by atoms with Gasteiger partial charge in [-0.3, -0.25) is 0 Å². The van der Waals surface area contributed by atoms with Crippen LogP contribution in [0.4, 0.5) is 0 Å². The highest BCUT2D eigenvalue weighted by molar-refractivity contribution is 6.81. The second-order valence-electron chi connectivity index (χ2n) is 1.66. The van der Waals surface area contributed by atoms with Gasteiger partial charge in [0.05, 0.1) is 0 Å². The summed E-state index contributed by atoms with van der Waals surface area (Å²) in [6.45, 7) is 0. The van der Waals surface area contributed by atoms with Crippen molar-refractivity contribution < 1.29 is 26.7 Å². The fraction of sp³-hybridized carbons (Fsp3) is 1.00. The van der Waals surface area contributed by atoms with E-state index in [-0.39, 0.29) is 0 Å². The molecule has 0 aromatic rings. The Labute approximate surface area is 59.9 Å². The Morgan fingerprint density at radius 3 is 1.50 bits per heavy atom. The number of hydrogen-bond acceptors (Lipinski definition) is 6. The van der Waals surface area contributed by atoms with E-state index in [2.05, 4.69) is 17.1 Å². The molecule has 0 radical (unpaired) electrons. The lowest BCUT2D eigenvalue weighted by Crippen LogP contribution is -2.73. The molecule has 0 spiro atoms.